The van der Waals surface area contributed by atoms with E-state index < -0.39 is 11.9 Å². The largest absolute Gasteiger partial charge is 0.481 e. The van der Waals surface area contributed by atoms with Gasteiger partial charge in [-0.2, -0.15) is 0 Å². The van der Waals surface area contributed by atoms with Crippen molar-refractivity contribution in [2.45, 2.75) is 13.3 Å². The lowest BCUT2D eigenvalue weighted by Gasteiger charge is -2.13. The Hall–Kier alpha value is -2.21. The molecule has 3 rings (SSSR count). The zero-order valence-electron chi connectivity index (χ0n) is 12.2. The Labute approximate surface area is 132 Å². The number of thiazole rings is 1. The first kappa shape index (κ1) is 14.7. The predicted octanol–water partition coefficient (Wildman–Crippen LogP) is 2.67. The zero-order chi connectivity index (χ0) is 15.7. The summed E-state index contributed by atoms with van der Waals surface area (Å²) < 4.78 is 0. The summed E-state index contributed by atoms with van der Waals surface area (Å²) in [4.78, 5) is 29.4. The smallest absolute Gasteiger partial charge is 0.308 e. The third-order valence-electron chi connectivity index (χ3n) is 3.92. The van der Waals surface area contributed by atoms with Crippen LogP contribution in [-0.4, -0.2) is 40.0 Å². The SMILES string of the molecule is Cc1ccccc1-c1nc(C(=O)N2CCC(C(=O)O)C2)cs1. The molecule has 5 nitrogen and oxygen atoms in total. The van der Waals surface area contributed by atoms with Gasteiger partial charge in [0.25, 0.3) is 5.91 Å². The number of aromatic nitrogens is 1. The maximum absolute atomic E-state index is 12.4. The number of carboxylic acid groups (broad SMARTS) is 1. The van der Waals surface area contributed by atoms with Gasteiger partial charge in [-0.25, -0.2) is 4.98 Å². The fraction of sp³-hybridized carbons (Fsp3) is 0.312. The van der Waals surface area contributed by atoms with Crippen molar-refractivity contribution in [2.75, 3.05) is 13.1 Å². The molecule has 1 aliphatic heterocycles. The quantitative estimate of drug-likeness (QED) is 0.945. The van der Waals surface area contributed by atoms with Crippen molar-refractivity contribution in [1.82, 2.24) is 9.88 Å². The van der Waals surface area contributed by atoms with Crippen molar-refractivity contribution in [3.63, 3.8) is 0 Å². The molecule has 1 unspecified atom stereocenters. The lowest BCUT2D eigenvalue weighted by atomic mass is 10.1. The average Bonchev–Trinajstić information content (AvgIpc) is 3.17. The number of hydrogen-bond acceptors (Lipinski definition) is 4. The van der Waals surface area contributed by atoms with E-state index in [-0.39, 0.29) is 12.5 Å². The van der Waals surface area contributed by atoms with Crippen LogP contribution in [0.25, 0.3) is 10.6 Å². The first-order chi connectivity index (χ1) is 10.6. The molecule has 2 heterocycles. The monoisotopic (exact) mass is 316 g/mol. The number of rotatable bonds is 3. The summed E-state index contributed by atoms with van der Waals surface area (Å²) in [5, 5.41) is 11.6. The number of aryl methyl sites for hydroxylation is 1. The van der Waals surface area contributed by atoms with E-state index in [9.17, 15) is 9.59 Å². The van der Waals surface area contributed by atoms with E-state index in [1.54, 1.807) is 10.3 Å². The van der Waals surface area contributed by atoms with E-state index in [0.29, 0.717) is 18.7 Å². The first-order valence-corrected chi connectivity index (χ1v) is 7.98. The molecule has 1 atom stereocenters. The van der Waals surface area contributed by atoms with Crippen molar-refractivity contribution in [3.05, 3.63) is 40.9 Å². The summed E-state index contributed by atoms with van der Waals surface area (Å²) in [6.07, 6.45) is 0.510. The van der Waals surface area contributed by atoms with Crippen molar-refractivity contribution in [1.29, 1.82) is 0 Å². The van der Waals surface area contributed by atoms with E-state index in [1.165, 1.54) is 11.3 Å². The third-order valence-corrected chi connectivity index (χ3v) is 4.80. The highest BCUT2D eigenvalue weighted by Crippen LogP contribution is 2.27. The van der Waals surface area contributed by atoms with Crippen molar-refractivity contribution in [3.8, 4) is 10.6 Å². The van der Waals surface area contributed by atoms with Gasteiger partial charge >= 0.3 is 5.97 Å². The van der Waals surface area contributed by atoms with Crippen LogP contribution >= 0.6 is 11.3 Å². The van der Waals surface area contributed by atoms with Gasteiger partial charge in [0.1, 0.15) is 10.7 Å². The van der Waals surface area contributed by atoms with Gasteiger partial charge in [0.15, 0.2) is 0 Å². The molecule has 0 radical (unpaired) electrons. The molecule has 1 aliphatic rings. The van der Waals surface area contributed by atoms with E-state index in [0.717, 1.165) is 16.1 Å². The Kier molecular flexibility index (Phi) is 3.94. The molecule has 1 N–H and O–H groups in total. The predicted molar refractivity (Wildman–Crippen MR) is 83.9 cm³/mol. The molecule has 1 aromatic heterocycles. The number of carbonyl (C=O) groups excluding carboxylic acids is 1. The topological polar surface area (TPSA) is 70.5 Å². The molecule has 2 aromatic rings. The van der Waals surface area contributed by atoms with Crippen LogP contribution in [0.15, 0.2) is 29.6 Å². The molecule has 0 bridgehead atoms. The van der Waals surface area contributed by atoms with Gasteiger partial charge in [-0.3, -0.25) is 9.59 Å². The normalized spacial score (nSPS) is 17.7. The molecule has 1 aromatic carbocycles. The van der Waals surface area contributed by atoms with E-state index in [1.807, 2.05) is 31.2 Å². The van der Waals surface area contributed by atoms with Crippen LogP contribution in [0.4, 0.5) is 0 Å². The van der Waals surface area contributed by atoms with Gasteiger partial charge in [-0.05, 0) is 18.9 Å². The fourth-order valence-electron chi connectivity index (χ4n) is 2.62. The van der Waals surface area contributed by atoms with E-state index >= 15 is 0 Å². The summed E-state index contributed by atoms with van der Waals surface area (Å²) in [7, 11) is 0. The summed E-state index contributed by atoms with van der Waals surface area (Å²) >= 11 is 1.44. The molecular weight excluding hydrogens is 300 g/mol. The fourth-order valence-corrected chi connectivity index (χ4v) is 3.50. The van der Waals surface area contributed by atoms with Gasteiger partial charge in [-0.15, -0.1) is 11.3 Å². The van der Waals surface area contributed by atoms with E-state index in [2.05, 4.69) is 4.98 Å². The highest BCUT2D eigenvalue weighted by Gasteiger charge is 2.32. The minimum absolute atomic E-state index is 0.181. The minimum atomic E-state index is -0.839. The van der Waals surface area contributed by atoms with Crippen LogP contribution in [0.3, 0.4) is 0 Å². The van der Waals surface area contributed by atoms with Gasteiger partial charge in [0, 0.05) is 24.0 Å². The van der Waals surface area contributed by atoms with Crippen LogP contribution in [-0.2, 0) is 4.79 Å². The lowest BCUT2D eigenvalue weighted by molar-refractivity contribution is -0.141. The number of amides is 1. The second-order valence-corrected chi connectivity index (χ2v) is 6.29. The number of carboxylic acids is 1. The molecule has 114 valence electrons. The van der Waals surface area contributed by atoms with Crippen LogP contribution in [0.5, 0.6) is 0 Å². The Balaban J connectivity index is 1.78. The number of nitrogens with zero attached hydrogens (tertiary/aromatic N) is 2. The highest BCUT2D eigenvalue weighted by atomic mass is 32.1. The third kappa shape index (κ3) is 2.74. The molecule has 0 spiro atoms. The zero-order valence-corrected chi connectivity index (χ0v) is 13.0. The molecule has 0 saturated carbocycles. The summed E-state index contributed by atoms with van der Waals surface area (Å²) in [6, 6.07) is 7.91. The molecule has 1 saturated heterocycles. The van der Waals surface area contributed by atoms with Gasteiger partial charge < -0.3 is 10.0 Å². The van der Waals surface area contributed by atoms with Crippen LogP contribution in [0.1, 0.15) is 22.5 Å². The van der Waals surface area contributed by atoms with Crippen LogP contribution in [0, 0.1) is 12.8 Å². The summed E-state index contributed by atoms with van der Waals surface area (Å²) in [5.74, 6) is -1.48. The maximum atomic E-state index is 12.4. The highest BCUT2D eigenvalue weighted by molar-refractivity contribution is 7.13. The number of carbonyl (C=O) groups is 2. The first-order valence-electron chi connectivity index (χ1n) is 7.10. The lowest BCUT2D eigenvalue weighted by Crippen LogP contribution is -2.30. The summed E-state index contributed by atoms with van der Waals surface area (Å²) in [6.45, 7) is 2.76. The molecule has 1 amide bonds. The maximum Gasteiger partial charge on any atom is 0.308 e. The molecular formula is C16H16N2O3S. The van der Waals surface area contributed by atoms with Gasteiger partial charge in [-0.1, -0.05) is 24.3 Å². The molecule has 6 heteroatoms. The second kappa shape index (κ2) is 5.88. The number of hydrogen-bond donors (Lipinski definition) is 1. The number of likely N-dealkylation sites (tertiary alicyclic amines) is 1. The van der Waals surface area contributed by atoms with Gasteiger partial charge in [0.2, 0.25) is 0 Å². The molecule has 22 heavy (non-hydrogen) atoms. The Morgan fingerprint density at radius 2 is 2.14 bits per heavy atom. The Morgan fingerprint density at radius 1 is 1.36 bits per heavy atom. The van der Waals surface area contributed by atoms with Crippen LogP contribution in [0.2, 0.25) is 0 Å². The Bertz CT molecular complexity index is 726. The number of aliphatic carboxylic acids is 1. The van der Waals surface area contributed by atoms with Crippen molar-refractivity contribution in [2.24, 2.45) is 5.92 Å². The van der Waals surface area contributed by atoms with Crippen molar-refractivity contribution >= 4 is 23.2 Å². The second-order valence-electron chi connectivity index (χ2n) is 5.43. The van der Waals surface area contributed by atoms with Crippen molar-refractivity contribution < 1.29 is 14.7 Å². The molecule has 0 aliphatic carbocycles. The van der Waals surface area contributed by atoms with Gasteiger partial charge in [0.05, 0.1) is 5.92 Å². The average molecular weight is 316 g/mol. The number of benzene rings is 1. The van der Waals surface area contributed by atoms with E-state index in [4.69, 9.17) is 5.11 Å². The molecule has 1 fully saturated rings. The Morgan fingerprint density at radius 3 is 2.82 bits per heavy atom. The van der Waals surface area contributed by atoms with Crippen LogP contribution < -0.4 is 0 Å². The summed E-state index contributed by atoms with van der Waals surface area (Å²) in [5.41, 5.74) is 2.54. The standard InChI is InChI=1S/C16H16N2O3S/c1-10-4-2-3-5-12(10)14-17-13(9-22-14)15(19)18-7-6-11(8-18)16(20)21/h2-5,9,11H,6-8H2,1H3,(H,20,21). The minimum Gasteiger partial charge on any atom is -0.481 e.